The highest BCUT2D eigenvalue weighted by Crippen LogP contribution is 2.25. The van der Waals surface area contributed by atoms with E-state index >= 15 is 0 Å². The number of hydrogen-bond acceptors (Lipinski definition) is 3. The normalized spacial score (nSPS) is 10.9. The second-order valence-corrected chi connectivity index (χ2v) is 7.25. The van der Waals surface area contributed by atoms with Gasteiger partial charge in [0.25, 0.3) is 5.56 Å². The van der Waals surface area contributed by atoms with Crippen LogP contribution in [0.5, 0.6) is 0 Å². The first-order chi connectivity index (χ1) is 12.5. The van der Waals surface area contributed by atoms with Gasteiger partial charge < -0.3 is 0 Å². The number of carbonyl (C=O) groups excluding carboxylic acids is 1. The molecule has 132 valence electrons. The molecule has 5 heteroatoms. The van der Waals surface area contributed by atoms with E-state index in [0.29, 0.717) is 17.2 Å². The molecule has 0 atom stereocenters. The second kappa shape index (κ2) is 7.79. The van der Waals surface area contributed by atoms with Gasteiger partial charge in [0.05, 0.1) is 5.69 Å². The Balaban J connectivity index is 1.87. The molecule has 0 amide bonds. The van der Waals surface area contributed by atoms with Crippen LogP contribution in [0.3, 0.4) is 0 Å². The van der Waals surface area contributed by atoms with Gasteiger partial charge in [-0.3, -0.25) is 9.59 Å². The van der Waals surface area contributed by atoms with Crippen LogP contribution in [0.2, 0.25) is 0 Å². The molecule has 3 rings (SSSR count). The van der Waals surface area contributed by atoms with Crippen molar-refractivity contribution in [3.8, 4) is 11.3 Å². The molecule has 0 radical (unpaired) electrons. The van der Waals surface area contributed by atoms with Crippen molar-refractivity contribution < 1.29 is 4.79 Å². The lowest BCUT2D eigenvalue weighted by molar-refractivity contribution is 0.0966. The van der Waals surface area contributed by atoms with Crippen LogP contribution in [-0.4, -0.2) is 15.6 Å². The van der Waals surface area contributed by atoms with Gasteiger partial charge in [0.15, 0.2) is 5.78 Å². The molecule has 26 heavy (non-hydrogen) atoms. The molecule has 0 fully saturated rings. The molecular weight excluding hydrogens is 392 g/mol. The van der Waals surface area contributed by atoms with Crippen LogP contribution in [0.25, 0.3) is 11.3 Å². The summed E-state index contributed by atoms with van der Waals surface area (Å²) in [6.45, 7) is 4.12. The lowest BCUT2D eigenvalue weighted by Gasteiger charge is -2.09. The molecule has 0 aliphatic heterocycles. The van der Waals surface area contributed by atoms with Gasteiger partial charge in [-0.25, -0.2) is 4.68 Å². The van der Waals surface area contributed by atoms with Crippen LogP contribution < -0.4 is 5.56 Å². The zero-order chi connectivity index (χ0) is 18.7. The Morgan fingerprint density at radius 3 is 2.38 bits per heavy atom. The van der Waals surface area contributed by atoms with Crippen LogP contribution in [0.4, 0.5) is 0 Å². The SMILES string of the molecule is CC(C)c1ccc(C(=O)Cn2nc(-c3ccccc3Br)ccc2=O)cc1. The van der Waals surface area contributed by atoms with E-state index in [2.05, 4.69) is 34.9 Å². The number of benzene rings is 2. The first kappa shape index (κ1) is 18.3. The highest BCUT2D eigenvalue weighted by molar-refractivity contribution is 9.10. The van der Waals surface area contributed by atoms with Crippen molar-refractivity contribution >= 4 is 21.7 Å². The standard InChI is InChI=1S/C21H19BrN2O2/c1-14(2)15-7-9-16(10-8-15)20(25)13-24-21(26)12-11-19(23-24)17-5-3-4-6-18(17)22/h3-12,14H,13H2,1-2H3. The number of nitrogens with zero attached hydrogens (tertiary/aromatic N) is 2. The Morgan fingerprint density at radius 2 is 1.73 bits per heavy atom. The van der Waals surface area contributed by atoms with Gasteiger partial charge in [-0.15, -0.1) is 0 Å². The average Bonchev–Trinajstić information content (AvgIpc) is 2.64. The third kappa shape index (κ3) is 3.99. The van der Waals surface area contributed by atoms with E-state index in [1.807, 2.05) is 36.4 Å². The van der Waals surface area contributed by atoms with Crippen LogP contribution in [-0.2, 0) is 6.54 Å². The summed E-state index contributed by atoms with van der Waals surface area (Å²) in [6, 6.07) is 18.3. The highest BCUT2D eigenvalue weighted by Gasteiger charge is 2.12. The van der Waals surface area contributed by atoms with Crippen molar-refractivity contribution in [3.05, 3.63) is 86.6 Å². The minimum Gasteiger partial charge on any atom is -0.292 e. The molecule has 0 unspecified atom stereocenters. The van der Waals surface area contributed by atoms with Gasteiger partial charge >= 0.3 is 0 Å². The Kier molecular flexibility index (Phi) is 5.47. The monoisotopic (exact) mass is 410 g/mol. The van der Waals surface area contributed by atoms with Crippen LogP contribution in [0, 0.1) is 0 Å². The molecule has 0 saturated carbocycles. The van der Waals surface area contributed by atoms with Crippen LogP contribution >= 0.6 is 15.9 Å². The van der Waals surface area contributed by atoms with E-state index in [-0.39, 0.29) is 17.9 Å². The number of halogens is 1. The smallest absolute Gasteiger partial charge is 0.267 e. The fourth-order valence-electron chi connectivity index (χ4n) is 2.66. The summed E-state index contributed by atoms with van der Waals surface area (Å²) in [6.07, 6.45) is 0. The molecule has 4 nitrogen and oxygen atoms in total. The van der Waals surface area contributed by atoms with E-state index in [9.17, 15) is 9.59 Å². The number of Topliss-reactive ketones (excluding diaryl/α,β-unsaturated/α-hetero) is 1. The largest absolute Gasteiger partial charge is 0.292 e. The fourth-order valence-corrected chi connectivity index (χ4v) is 3.14. The summed E-state index contributed by atoms with van der Waals surface area (Å²) < 4.78 is 2.10. The van der Waals surface area contributed by atoms with E-state index in [1.165, 1.54) is 16.3 Å². The minimum absolute atomic E-state index is 0.0852. The van der Waals surface area contributed by atoms with Gasteiger partial charge in [-0.05, 0) is 23.6 Å². The lowest BCUT2D eigenvalue weighted by Crippen LogP contribution is -2.26. The fraction of sp³-hybridized carbons (Fsp3) is 0.190. The molecule has 0 N–H and O–H groups in total. The Bertz CT molecular complexity index is 991. The third-order valence-electron chi connectivity index (χ3n) is 4.21. The first-order valence-corrected chi connectivity index (χ1v) is 9.21. The van der Waals surface area contributed by atoms with Gasteiger partial charge in [-0.1, -0.05) is 72.2 Å². The van der Waals surface area contributed by atoms with Crippen LogP contribution in [0.15, 0.2) is 69.9 Å². The maximum Gasteiger partial charge on any atom is 0.267 e. The quantitative estimate of drug-likeness (QED) is 0.573. The van der Waals surface area contributed by atoms with Crippen molar-refractivity contribution in [2.24, 2.45) is 0 Å². The van der Waals surface area contributed by atoms with Gasteiger partial charge in [0.2, 0.25) is 0 Å². The topological polar surface area (TPSA) is 52.0 Å². The summed E-state index contributed by atoms with van der Waals surface area (Å²) in [5.74, 6) is 0.267. The molecule has 1 heterocycles. The zero-order valence-electron chi connectivity index (χ0n) is 14.6. The molecular formula is C21H19BrN2O2. The molecule has 2 aromatic carbocycles. The van der Waals surface area contributed by atoms with E-state index in [0.717, 1.165) is 10.0 Å². The molecule has 0 aliphatic carbocycles. The number of aromatic nitrogens is 2. The maximum atomic E-state index is 12.6. The molecule has 0 aliphatic rings. The maximum absolute atomic E-state index is 12.6. The number of hydrogen-bond donors (Lipinski definition) is 0. The van der Waals surface area contributed by atoms with Crippen molar-refractivity contribution in [2.45, 2.75) is 26.3 Å². The third-order valence-corrected chi connectivity index (χ3v) is 4.90. The predicted molar refractivity (Wildman–Crippen MR) is 106 cm³/mol. The highest BCUT2D eigenvalue weighted by atomic mass is 79.9. The van der Waals surface area contributed by atoms with E-state index in [1.54, 1.807) is 18.2 Å². The molecule has 0 spiro atoms. The Morgan fingerprint density at radius 1 is 1.04 bits per heavy atom. The zero-order valence-corrected chi connectivity index (χ0v) is 16.2. The van der Waals surface area contributed by atoms with Crippen molar-refractivity contribution in [1.29, 1.82) is 0 Å². The molecule has 0 saturated heterocycles. The lowest BCUT2D eigenvalue weighted by atomic mass is 10.0. The average molecular weight is 411 g/mol. The summed E-state index contributed by atoms with van der Waals surface area (Å²) in [5.41, 5.74) is 2.96. The molecule has 3 aromatic rings. The second-order valence-electron chi connectivity index (χ2n) is 6.39. The Labute approximate surface area is 160 Å². The number of rotatable bonds is 5. The van der Waals surface area contributed by atoms with Crippen LogP contribution in [0.1, 0.15) is 35.7 Å². The van der Waals surface area contributed by atoms with Crippen molar-refractivity contribution in [2.75, 3.05) is 0 Å². The summed E-state index contributed by atoms with van der Waals surface area (Å²) >= 11 is 3.49. The van der Waals surface area contributed by atoms with E-state index < -0.39 is 0 Å². The van der Waals surface area contributed by atoms with Gasteiger partial charge in [0, 0.05) is 21.7 Å². The predicted octanol–water partition coefficient (Wildman–Crippen LogP) is 4.68. The molecule has 0 bridgehead atoms. The first-order valence-electron chi connectivity index (χ1n) is 8.42. The minimum atomic E-state index is -0.298. The van der Waals surface area contributed by atoms with Crippen molar-refractivity contribution in [1.82, 2.24) is 9.78 Å². The van der Waals surface area contributed by atoms with Crippen molar-refractivity contribution in [3.63, 3.8) is 0 Å². The Hall–Kier alpha value is -2.53. The van der Waals surface area contributed by atoms with E-state index in [4.69, 9.17) is 0 Å². The summed E-state index contributed by atoms with van der Waals surface area (Å²) in [4.78, 5) is 24.7. The summed E-state index contributed by atoms with van der Waals surface area (Å²) in [7, 11) is 0. The summed E-state index contributed by atoms with van der Waals surface area (Å²) in [5, 5.41) is 4.37. The van der Waals surface area contributed by atoms with Gasteiger partial charge in [0.1, 0.15) is 6.54 Å². The number of ketones is 1. The number of carbonyl (C=O) groups is 1. The van der Waals surface area contributed by atoms with Gasteiger partial charge in [-0.2, -0.15) is 5.10 Å². The molecule has 1 aromatic heterocycles.